The molecule has 2 amide bonds. The van der Waals surface area contributed by atoms with Gasteiger partial charge in [0.15, 0.2) is 17.4 Å². The lowest BCUT2D eigenvalue weighted by Gasteiger charge is -2.36. The smallest absolute Gasteiger partial charge is 0.416 e. The van der Waals surface area contributed by atoms with Gasteiger partial charge in [0.1, 0.15) is 19.3 Å². The minimum Gasteiger partial charge on any atom is -0.475 e. The molecule has 3 fully saturated rings. The largest absolute Gasteiger partial charge is 0.475 e. The highest BCUT2D eigenvalue weighted by Crippen LogP contribution is 2.45. The summed E-state index contributed by atoms with van der Waals surface area (Å²) in [5.74, 6) is 1.47. The number of urea groups is 1. The summed E-state index contributed by atoms with van der Waals surface area (Å²) in [5.41, 5.74) is 7.77. The monoisotopic (exact) mass is 1120 g/mol. The SMILES string of the molecule is CC1(C)OC[C@@H](COc2ccc(N)cn2)O1.CC[C@@H](COc1ccc(NC(=O)N2c3nc(-c4cccc(C(F)(F)F)c4)c(Cl)cc3N3CC[C@H]2C3)cn1)OC.FC(F)(F)c1cccc(-c2nc3c(cc2Cl)N2CC[C@@H](C2)N3)c1. The Morgan fingerprint density at radius 2 is 1.46 bits per heavy atom. The molecule has 78 heavy (non-hydrogen) atoms. The van der Waals surface area contributed by atoms with Crippen molar-refractivity contribution in [3.05, 3.63) is 118 Å². The van der Waals surface area contributed by atoms with E-state index < -0.39 is 35.3 Å². The van der Waals surface area contributed by atoms with Gasteiger partial charge in [-0.1, -0.05) is 54.4 Å². The molecule has 0 radical (unpaired) electrons. The molecule has 0 saturated carbocycles. The zero-order valence-corrected chi connectivity index (χ0v) is 44.3. The van der Waals surface area contributed by atoms with Crippen LogP contribution in [0.5, 0.6) is 11.8 Å². The van der Waals surface area contributed by atoms with Gasteiger partial charge in [-0.2, -0.15) is 26.3 Å². The molecule has 4 N–H and O–H groups in total. The van der Waals surface area contributed by atoms with E-state index in [1.54, 1.807) is 60.7 Å². The zero-order chi connectivity index (χ0) is 55.5. The van der Waals surface area contributed by atoms with Crippen LogP contribution in [0.25, 0.3) is 22.5 Å². The van der Waals surface area contributed by atoms with Gasteiger partial charge in [-0.25, -0.2) is 24.7 Å². The molecule has 4 bridgehead atoms. The van der Waals surface area contributed by atoms with Crippen LogP contribution in [0.4, 0.5) is 65.5 Å². The molecule has 4 aromatic heterocycles. The summed E-state index contributed by atoms with van der Waals surface area (Å²) in [7, 11) is 1.62. The van der Waals surface area contributed by atoms with Crippen molar-refractivity contribution in [2.75, 3.05) is 84.2 Å². The third-order valence-electron chi connectivity index (χ3n) is 13.4. The van der Waals surface area contributed by atoms with Gasteiger partial charge in [0.2, 0.25) is 11.8 Å². The predicted molar refractivity (Wildman–Crippen MR) is 286 cm³/mol. The second-order valence-corrected chi connectivity index (χ2v) is 20.2. The number of amides is 2. The molecule has 0 unspecified atom stereocenters. The molecule has 4 atom stereocenters. The number of rotatable bonds is 11. The van der Waals surface area contributed by atoms with Gasteiger partial charge in [0.25, 0.3) is 0 Å². The first-order chi connectivity index (χ1) is 37.1. The number of nitrogens with one attached hydrogen (secondary N) is 2. The third kappa shape index (κ3) is 13.2. The summed E-state index contributed by atoms with van der Waals surface area (Å²) < 4.78 is 106. The Labute approximate surface area is 456 Å². The highest BCUT2D eigenvalue weighted by Gasteiger charge is 2.42. The van der Waals surface area contributed by atoms with Crippen LogP contribution in [-0.4, -0.2) is 109 Å². The van der Waals surface area contributed by atoms with Crippen LogP contribution in [0, 0.1) is 0 Å². The molecular formula is C54H56Cl2F6N10O6. The van der Waals surface area contributed by atoms with E-state index in [-0.39, 0.29) is 34.5 Å². The lowest BCUT2D eigenvalue weighted by molar-refractivity contribution is -0.141. The Hall–Kier alpha value is -6.85. The number of hydrogen-bond donors (Lipinski definition) is 3. The molecule has 16 nitrogen and oxygen atoms in total. The highest BCUT2D eigenvalue weighted by atomic mass is 35.5. The minimum atomic E-state index is -4.51. The zero-order valence-electron chi connectivity index (χ0n) is 42.8. The van der Waals surface area contributed by atoms with E-state index in [2.05, 4.69) is 40.4 Å². The average Bonchev–Trinajstić information content (AvgIpc) is 4.21. The summed E-state index contributed by atoms with van der Waals surface area (Å²) in [4.78, 5) is 36.8. The molecule has 0 aliphatic carbocycles. The van der Waals surface area contributed by atoms with Crippen LogP contribution in [0.2, 0.25) is 10.0 Å². The number of carbonyl (C=O) groups excluding carboxylic acids is 1. The van der Waals surface area contributed by atoms with Gasteiger partial charge >= 0.3 is 18.4 Å². The molecule has 5 aliphatic heterocycles. The number of nitrogen functional groups attached to an aromatic ring is 1. The number of pyridine rings is 4. The van der Waals surface area contributed by atoms with Crippen LogP contribution in [0.1, 0.15) is 51.2 Å². The molecule has 3 saturated heterocycles. The summed E-state index contributed by atoms with van der Waals surface area (Å²) in [6.45, 7) is 10.2. The van der Waals surface area contributed by atoms with Crippen molar-refractivity contribution in [2.45, 2.75) is 82.5 Å². The number of nitrogens with two attached hydrogens (primary N) is 1. The number of benzene rings is 2. The predicted octanol–water partition coefficient (Wildman–Crippen LogP) is 11.9. The number of nitrogens with zero attached hydrogens (tertiary/aromatic N) is 7. The fraction of sp³-hybridized carbons (Fsp3) is 0.389. The lowest BCUT2D eigenvalue weighted by atomic mass is 10.1. The van der Waals surface area contributed by atoms with Crippen molar-refractivity contribution in [1.29, 1.82) is 0 Å². The van der Waals surface area contributed by atoms with Gasteiger partial charge < -0.3 is 49.9 Å². The third-order valence-corrected chi connectivity index (χ3v) is 14.0. The second kappa shape index (κ2) is 23.2. The number of anilines is 6. The van der Waals surface area contributed by atoms with E-state index in [4.69, 9.17) is 52.6 Å². The molecular weight excluding hydrogens is 1070 g/mol. The Bertz CT molecular complexity index is 3080. The number of ether oxygens (including phenoxy) is 5. The van der Waals surface area contributed by atoms with Crippen LogP contribution in [0.15, 0.2) is 97.3 Å². The maximum atomic E-state index is 13.5. The number of halogens is 8. The Morgan fingerprint density at radius 3 is 2.06 bits per heavy atom. The summed E-state index contributed by atoms with van der Waals surface area (Å²) in [6, 6.07) is 19.9. The summed E-state index contributed by atoms with van der Waals surface area (Å²) in [5, 5.41) is 6.76. The van der Waals surface area contributed by atoms with E-state index in [1.165, 1.54) is 24.4 Å². The molecule has 0 spiro atoms. The van der Waals surface area contributed by atoms with Crippen LogP contribution in [-0.2, 0) is 26.6 Å². The minimum absolute atomic E-state index is 0.0434. The maximum absolute atomic E-state index is 13.5. The molecule has 11 rings (SSSR count). The summed E-state index contributed by atoms with van der Waals surface area (Å²) in [6.07, 6.45) is -3.40. The van der Waals surface area contributed by atoms with Crippen LogP contribution >= 0.6 is 23.2 Å². The highest BCUT2D eigenvalue weighted by molar-refractivity contribution is 6.34. The first-order valence-corrected chi connectivity index (χ1v) is 25.8. The van der Waals surface area contributed by atoms with Crippen LogP contribution in [0.3, 0.4) is 0 Å². The standard InChI is InChI=1S/C27H27ClF3N5O3.C16H13ClF3N3.C11H16N2O3/c1-3-20(38-2)15-39-23-8-7-18(13-32-23)33-26(37)36-19-9-10-35(14-19)22-12-21(28)24(34-25(22)36)16-5-4-6-17(11-16)27(29,30)31;17-12-7-13-15(21-11-4-5-23(13)8-11)22-14(12)9-2-1-3-10(6-9)16(18,19)20;1-11(2)15-7-9(16-11)6-14-10-4-3-8(12)5-13-10/h4-8,11-13,19-20H,3,9-10,14-15H2,1-2H3,(H,33,37);1-3,6-7,11H,4-5,8H2,(H,21,22);3-5,9H,6-7,12H2,1-2H3/t19-,20-;11-;9-/m001/s1. The molecule has 24 heteroatoms. The normalized spacial score (nSPS) is 19.1. The maximum Gasteiger partial charge on any atom is 0.416 e. The lowest BCUT2D eigenvalue weighted by Crippen LogP contribution is -2.48. The number of carbonyl (C=O) groups is 1. The molecule has 414 valence electrons. The fourth-order valence-electron chi connectivity index (χ4n) is 9.45. The van der Waals surface area contributed by atoms with Gasteiger partial charge in [-0.15, -0.1) is 0 Å². The Morgan fingerprint density at radius 1 is 0.833 bits per heavy atom. The molecule has 6 aromatic rings. The summed E-state index contributed by atoms with van der Waals surface area (Å²) >= 11 is 12.8. The van der Waals surface area contributed by atoms with Gasteiger partial charge in [-0.3, -0.25) is 4.90 Å². The van der Waals surface area contributed by atoms with Crippen molar-refractivity contribution in [3.63, 3.8) is 0 Å². The van der Waals surface area contributed by atoms with Crippen molar-refractivity contribution < 1.29 is 54.8 Å². The van der Waals surface area contributed by atoms with E-state index >= 15 is 0 Å². The molecule has 9 heterocycles. The van der Waals surface area contributed by atoms with E-state index in [0.717, 1.165) is 55.9 Å². The van der Waals surface area contributed by atoms with Crippen LogP contribution < -0.4 is 40.5 Å². The number of methoxy groups -OCH3 is 1. The van der Waals surface area contributed by atoms with E-state index in [1.807, 2.05) is 20.8 Å². The van der Waals surface area contributed by atoms with Gasteiger partial charge in [0, 0.05) is 62.6 Å². The van der Waals surface area contributed by atoms with Crippen molar-refractivity contribution in [3.8, 4) is 34.3 Å². The second-order valence-electron chi connectivity index (χ2n) is 19.4. The topological polar surface area (TPSA) is 175 Å². The Balaban J connectivity index is 0.000000159. The average molecular weight is 1130 g/mol. The Kier molecular flexibility index (Phi) is 16.6. The number of hydrogen-bond acceptors (Lipinski definition) is 14. The number of alkyl halides is 6. The van der Waals surface area contributed by atoms with Gasteiger partial charge in [-0.05, 0) is 81.6 Å². The molecule has 2 aromatic carbocycles. The number of aromatic nitrogens is 4. The first-order valence-electron chi connectivity index (χ1n) is 25.1. The van der Waals surface area contributed by atoms with E-state index in [0.29, 0.717) is 102 Å². The first kappa shape index (κ1) is 55.9. The van der Waals surface area contributed by atoms with Crippen molar-refractivity contribution >= 4 is 63.6 Å². The van der Waals surface area contributed by atoms with Crippen molar-refractivity contribution in [1.82, 2.24) is 19.9 Å². The van der Waals surface area contributed by atoms with E-state index in [9.17, 15) is 31.1 Å². The fourth-order valence-corrected chi connectivity index (χ4v) is 9.96. The molecule has 5 aliphatic rings. The van der Waals surface area contributed by atoms with Gasteiger partial charge in [0.05, 0.1) is 86.5 Å². The quantitative estimate of drug-likeness (QED) is 0.105. The number of fused-ring (bicyclic) bond motifs is 8. The van der Waals surface area contributed by atoms with Crippen molar-refractivity contribution in [2.24, 2.45) is 0 Å².